The molecule has 2 nitrogen and oxygen atoms in total. The molecule has 71 heavy (non-hydrogen) atoms. The number of rotatable bonds is 8. The van der Waals surface area contributed by atoms with Crippen molar-refractivity contribution < 1.29 is 0 Å². The first kappa shape index (κ1) is 51.3. The van der Waals surface area contributed by atoms with Crippen molar-refractivity contribution in [3.8, 4) is 11.1 Å². The minimum Gasteiger partial charge on any atom is -0.361 e. The Morgan fingerprint density at radius 2 is 1.06 bits per heavy atom. The van der Waals surface area contributed by atoms with E-state index in [0.717, 1.165) is 25.7 Å². The molecule has 0 bridgehead atoms. The van der Waals surface area contributed by atoms with Crippen LogP contribution in [0.5, 0.6) is 0 Å². The highest BCUT2D eigenvalue weighted by Crippen LogP contribution is 2.80. The molecule has 2 unspecified atom stereocenters. The predicted molar refractivity (Wildman–Crippen MR) is 321 cm³/mol. The average molecular weight is 984 g/mol. The molecule has 0 saturated heterocycles. The number of fused-ring (bicyclic) bond motifs is 5. The maximum absolute atomic E-state index is 2.81. The molecular weight excluding hydrogens is 897 g/mol. The highest BCUT2D eigenvalue weighted by atomic mass is 32.3. The minimum absolute atomic E-state index is 0.0786. The number of allylic oxidation sites excluding steroid dienone is 6. The molecule has 2 atom stereocenters. The van der Waals surface area contributed by atoms with Gasteiger partial charge in [0.25, 0.3) is 0 Å². The van der Waals surface area contributed by atoms with E-state index in [0.29, 0.717) is 6.04 Å². The molecule has 376 valence electrons. The third-order valence-corrected chi connectivity index (χ3v) is 23.5. The molecule has 0 aromatic heterocycles. The molecule has 5 aromatic carbocycles. The molecule has 0 saturated carbocycles. The molecule has 0 fully saturated rings. The van der Waals surface area contributed by atoms with Gasteiger partial charge in [0.2, 0.25) is 0 Å². The van der Waals surface area contributed by atoms with Crippen molar-refractivity contribution in [2.24, 2.45) is 10.8 Å². The summed E-state index contributed by atoms with van der Waals surface area (Å²) < 4.78 is -0.0915. The molecule has 5 aromatic rings. The van der Waals surface area contributed by atoms with E-state index in [-0.39, 0.29) is 31.8 Å². The lowest BCUT2D eigenvalue weighted by Crippen LogP contribution is -2.43. The van der Waals surface area contributed by atoms with Crippen molar-refractivity contribution >= 4 is 54.0 Å². The van der Waals surface area contributed by atoms with Gasteiger partial charge in [-0.3, -0.25) is 0 Å². The molecule has 0 spiro atoms. The van der Waals surface area contributed by atoms with Gasteiger partial charge in [-0.25, -0.2) is 20.1 Å². The fraction of sp³-hybridized carbons (Fsp3) is 0.433. The molecule has 0 radical (unpaired) electrons. The summed E-state index contributed by atoms with van der Waals surface area (Å²) in [4.78, 5) is 5.27. The van der Waals surface area contributed by atoms with E-state index in [9.17, 15) is 0 Å². The lowest BCUT2D eigenvalue weighted by atomic mass is 9.80. The number of hydrogen-bond acceptors (Lipinski definition) is 2. The first-order chi connectivity index (χ1) is 33.0. The largest absolute Gasteiger partial charge is 0.361 e. The molecule has 9 rings (SSSR count). The Bertz CT molecular complexity index is 2950. The summed E-state index contributed by atoms with van der Waals surface area (Å²) in [6.45, 7) is 27.9. The predicted octanol–water partition coefficient (Wildman–Crippen LogP) is 18.7. The summed E-state index contributed by atoms with van der Waals surface area (Å²) in [7, 11) is -2.44. The summed E-state index contributed by atoms with van der Waals surface area (Å²) >= 11 is 0. The van der Waals surface area contributed by atoms with E-state index in [1.807, 2.05) is 0 Å². The molecule has 0 amide bonds. The van der Waals surface area contributed by atoms with Crippen molar-refractivity contribution in [2.45, 2.75) is 136 Å². The van der Waals surface area contributed by atoms with Gasteiger partial charge in [0.15, 0.2) is 0 Å². The van der Waals surface area contributed by atoms with Crippen LogP contribution in [0.4, 0.5) is 17.1 Å². The van der Waals surface area contributed by atoms with Gasteiger partial charge in [-0.15, -0.1) is 0 Å². The molecule has 4 aliphatic rings. The minimum atomic E-state index is -1.22. The van der Waals surface area contributed by atoms with Crippen LogP contribution in [0.3, 0.4) is 0 Å². The molecule has 0 N–H and O–H groups in total. The van der Waals surface area contributed by atoms with Crippen LogP contribution in [0.25, 0.3) is 28.0 Å². The highest BCUT2D eigenvalue weighted by Gasteiger charge is 2.55. The van der Waals surface area contributed by atoms with Crippen LogP contribution in [0.1, 0.15) is 136 Å². The quantitative estimate of drug-likeness (QED) is 0.153. The van der Waals surface area contributed by atoms with Gasteiger partial charge < -0.3 is 9.80 Å². The SMILES string of the molecule is CC(C)(C)C1=CCC(N(C2=CC=C(C(C)(C)C)CC2)C2C=Cc3cc4c(cc3C2)C(S(C)(C)C)(S(C)(C)C)c2cc3cc(N(c5ccc(C(C)(C)C)cc5)c5ccc(C(C)(C)C)cc5)ccc3cc2-4)C=C1. The van der Waals surface area contributed by atoms with Crippen LogP contribution in [0, 0.1) is 10.8 Å². The Hall–Kier alpha value is -4.64. The summed E-state index contributed by atoms with van der Waals surface area (Å²) in [5.74, 6) is 0. The maximum Gasteiger partial charge on any atom is 0.0811 e. The average Bonchev–Trinajstić information content (AvgIpc) is 3.57. The van der Waals surface area contributed by atoms with Gasteiger partial charge in [-0.1, -0.05) is 162 Å². The smallest absolute Gasteiger partial charge is 0.0811 e. The maximum atomic E-state index is 2.81. The van der Waals surface area contributed by atoms with Crippen molar-refractivity contribution in [3.05, 3.63) is 178 Å². The van der Waals surface area contributed by atoms with E-state index in [4.69, 9.17) is 0 Å². The second kappa shape index (κ2) is 17.8. The number of benzene rings is 5. The normalized spacial score (nSPS) is 19.6. The highest BCUT2D eigenvalue weighted by molar-refractivity contribution is 8.48. The Morgan fingerprint density at radius 1 is 0.507 bits per heavy atom. The van der Waals surface area contributed by atoms with Crippen LogP contribution in [-0.2, 0) is 21.3 Å². The standard InChI is InChI=1S/C67H86N2S2/c1-63(2,3)49-21-31-53(32-22-49)68(54-33-23-50(24-34-54)64(4,5)6)57-29-19-45-41-59-60-42-46-20-30-58(40-48(46)44-62(60)67(70(13,14)15,71(16,17)18)61(59)43-47(45)39-57)69(55-35-25-51(26-36-55)65(7,8)9)56-37-27-52(28-38-56)66(10,11)12/h19-27,29-35,37,39,41-44,55,58H,28,36,38,40H2,1-18H3. The van der Waals surface area contributed by atoms with Gasteiger partial charge >= 0.3 is 0 Å². The zero-order chi connectivity index (χ0) is 51.4. The summed E-state index contributed by atoms with van der Waals surface area (Å²) in [5, 5.41) is 2.60. The van der Waals surface area contributed by atoms with Crippen LogP contribution in [-0.4, -0.2) is 54.5 Å². The third kappa shape index (κ3) is 9.37. The molecule has 0 heterocycles. The first-order valence-corrected chi connectivity index (χ1v) is 32.1. The van der Waals surface area contributed by atoms with Crippen LogP contribution in [0.15, 0.2) is 144 Å². The van der Waals surface area contributed by atoms with E-state index in [1.54, 1.807) is 11.1 Å². The first-order valence-electron chi connectivity index (χ1n) is 26.4. The Kier molecular flexibility index (Phi) is 12.8. The lowest BCUT2D eigenvalue weighted by Gasteiger charge is -2.58. The van der Waals surface area contributed by atoms with E-state index < -0.39 is 20.1 Å². The van der Waals surface area contributed by atoms with Crippen molar-refractivity contribution in [3.63, 3.8) is 0 Å². The van der Waals surface area contributed by atoms with Gasteiger partial charge in [-0.05, 0) is 206 Å². The van der Waals surface area contributed by atoms with Crippen molar-refractivity contribution in [1.82, 2.24) is 4.90 Å². The Balaban J connectivity index is 1.16. The summed E-state index contributed by atoms with van der Waals surface area (Å²) in [5.41, 5.74) is 20.0. The van der Waals surface area contributed by atoms with Gasteiger partial charge in [0.05, 0.1) is 16.2 Å². The van der Waals surface area contributed by atoms with Crippen LogP contribution in [0.2, 0.25) is 0 Å². The topological polar surface area (TPSA) is 6.48 Å². The molecule has 0 aliphatic heterocycles. The second-order valence-electron chi connectivity index (χ2n) is 27.0. The lowest BCUT2D eigenvalue weighted by molar-refractivity contribution is 0.232. The molecule has 4 aliphatic carbocycles. The Labute approximate surface area is 434 Å². The van der Waals surface area contributed by atoms with Crippen LogP contribution < -0.4 is 4.90 Å². The van der Waals surface area contributed by atoms with Gasteiger partial charge in [0, 0.05) is 22.8 Å². The fourth-order valence-corrected chi connectivity index (χ4v) is 21.8. The Morgan fingerprint density at radius 3 is 1.55 bits per heavy atom. The van der Waals surface area contributed by atoms with E-state index in [1.165, 1.54) is 78.0 Å². The summed E-state index contributed by atoms with van der Waals surface area (Å²) in [6, 6.07) is 36.8. The molecule has 4 heteroatoms. The number of anilines is 3. The van der Waals surface area contributed by atoms with E-state index in [2.05, 4.69) is 264 Å². The molecular formula is C67H86N2S2. The van der Waals surface area contributed by atoms with Crippen molar-refractivity contribution in [1.29, 1.82) is 0 Å². The zero-order valence-electron chi connectivity index (χ0n) is 46.9. The zero-order valence-corrected chi connectivity index (χ0v) is 48.5. The third-order valence-electron chi connectivity index (χ3n) is 16.2. The van der Waals surface area contributed by atoms with Crippen LogP contribution >= 0.6 is 20.1 Å². The monoisotopic (exact) mass is 983 g/mol. The fourth-order valence-electron chi connectivity index (χ4n) is 12.5. The van der Waals surface area contributed by atoms with Gasteiger partial charge in [-0.2, -0.15) is 0 Å². The van der Waals surface area contributed by atoms with E-state index >= 15 is 0 Å². The second-order valence-corrected chi connectivity index (χ2v) is 35.8. The number of nitrogens with zero attached hydrogens (tertiary/aromatic N) is 2. The van der Waals surface area contributed by atoms with Gasteiger partial charge in [0.1, 0.15) is 0 Å². The van der Waals surface area contributed by atoms with Crippen molar-refractivity contribution in [2.75, 3.05) is 42.4 Å². The number of hydrogen-bond donors (Lipinski definition) is 0. The summed E-state index contributed by atoms with van der Waals surface area (Å²) in [6.07, 6.45) is 37.3.